The zero-order valence-corrected chi connectivity index (χ0v) is 19.6. The van der Waals surface area contributed by atoms with Gasteiger partial charge in [-0.15, -0.1) is 0 Å². The number of methoxy groups -OCH3 is 1. The van der Waals surface area contributed by atoms with E-state index in [-0.39, 0.29) is 0 Å². The normalized spacial score (nSPS) is 14.2. The predicted octanol–water partition coefficient (Wildman–Crippen LogP) is 2.87. The van der Waals surface area contributed by atoms with Crippen molar-refractivity contribution < 1.29 is 14.0 Å². The fourth-order valence-corrected chi connectivity index (χ4v) is 4.29. The van der Waals surface area contributed by atoms with Crippen LogP contribution in [0.25, 0.3) is 0 Å². The number of morpholine rings is 1. The van der Waals surface area contributed by atoms with E-state index in [0.717, 1.165) is 35.9 Å². The molecule has 1 unspecified atom stereocenters. The molecule has 0 saturated carbocycles. The first-order valence-corrected chi connectivity index (χ1v) is 11.7. The number of pyridine rings is 1. The van der Waals surface area contributed by atoms with Crippen LogP contribution in [0.15, 0.2) is 47.8 Å². The van der Waals surface area contributed by atoms with Gasteiger partial charge in [0.1, 0.15) is 34.9 Å². The van der Waals surface area contributed by atoms with E-state index in [2.05, 4.69) is 36.4 Å². The molecule has 33 heavy (non-hydrogen) atoms. The third-order valence-corrected chi connectivity index (χ3v) is 6.29. The van der Waals surface area contributed by atoms with E-state index in [1.165, 1.54) is 0 Å². The lowest BCUT2D eigenvalue weighted by molar-refractivity contribution is 0.122. The van der Waals surface area contributed by atoms with Crippen molar-refractivity contribution in [1.82, 2.24) is 15.0 Å². The summed E-state index contributed by atoms with van der Waals surface area (Å²) >= 11 is -1.47. The van der Waals surface area contributed by atoms with Gasteiger partial charge < -0.3 is 18.9 Å². The summed E-state index contributed by atoms with van der Waals surface area (Å²) in [5, 5.41) is 0. The Labute approximate surface area is 196 Å². The van der Waals surface area contributed by atoms with E-state index in [1.807, 2.05) is 26.0 Å². The van der Waals surface area contributed by atoms with Crippen LogP contribution in [0, 0.1) is 25.7 Å². The molecule has 1 N–H and O–H groups in total. The van der Waals surface area contributed by atoms with Gasteiger partial charge in [-0.25, -0.2) is 14.7 Å². The van der Waals surface area contributed by atoms with Crippen LogP contribution in [0.5, 0.6) is 5.75 Å². The van der Waals surface area contributed by atoms with E-state index in [4.69, 9.17) is 9.47 Å². The Morgan fingerprint density at radius 1 is 1.09 bits per heavy atom. The maximum absolute atomic E-state index is 12.8. The van der Waals surface area contributed by atoms with Crippen LogP contribution in [0.3, 0.4) is 0 Å². The number of nitrogens with zero attached hydrogens (tertiary/aromatic N) is 4. The molecule has 1 fully saturated rings. The molecule has 0 amide bonds. The largest absolute Gasteiger partial charge is 0.588 e. The molecule has 170 valence electrons. The summed E-state index contributed by atoms with van der Waals surface area (Å²) in [6.07, 6.45) is 3.27. The van der Waals surface area contributed by atoms with Gasteiger partial charge in [0.05, 0.1) is 37.3 Å². The number of aromatic nitrogens is 3. The van der Waals surface area contributed by atoms with Gasteiger partial charge in [0.25, 0.3) is 0 Å². The van der Waals surface area contributed by atoms with Crippen LogP contribution in [-0.2, 0) is 16.1 Å². The molecule has 1 saturated heterocycles. The van der Waals surface area contributed by atoms with Gasteiger partial charge in [0, 0.05) is 30.9 Å². The molecule has 0 spiro atoms. The molecule has 1 atom stereocenters. The van der Waals surface area contributed by atoms with Gasteiger partial charge in [-0.2, -0.15) is 0 Å². The Balaban J connectivity index is 1.59. The molecule has 0 radical (unpaired) electrons. The molecule has 3 aromatic rings. The maximum atomic E-state index is 12.8. The molecular formula is C24H25N5O3S. The van der Waals surface area contributed by atoms with Crippen LogP contribution in [0.1, 0.15) is 22.5 Å². The lowest BCUT2D eigenvalue weighted by Gasteiger charge is -2.28. The molecule has 4 rings (SSSR count). The highest BCUT2D eigenvalue weighted by Crippen LogP contribution is 2.23. The molecule has 1 aromatic carbocycles. The number of hydrogen-bond acceptors (Lipinski definition) is 8. The van der Waals surface area contributed by atoms with E-state index in [9.17, 15) is 4.55 Å². The highest BCUT2D eigenvalue weighted by atomic mass is 32.2. The molecule has 1 aliphatic rings. The number of ether oxygens (including phenoxy) is 2. The third-order valence-electron chi connectivity index (χ3n) is 5.20. The third kappa shape index (κ3) is 5.54. The monoisotopic (exact) mass is 463 g/mol. The lowest BCUT2D eigenvalue weighted by Crippen LogP contribution is -2.37. The van der Waals surface area contributed by atoms with E-state index >= 15 is 0 Å². The quantitative estimate of drug-likeness (QED) is 0.456. The Hall–Kier alpha value is -3.32. The second-order valence-corrected chi connectivity index (χ2v) is 8.63. The highest BCUT2D eigenvalue weighted by molar-refractivity contribution is 7.92. The van der Waals surface area contributed by atoms with Crippen LogP contribution in [-0.4, -0.2) is 52.9 Å². The van der Waals surface area contributed by atoms with Crippen molar-refractivity contribution in [3.8, 4) is 17.6 Å². The minimum absolute atomic E-state index is 0.609. The second kappa shape index (κ2) is 10.5. The topological polar surface area (TPSA) is 95.5 Å². The minimum Gasteiger partial charge on any atom is -0.588 e. The molecule has 2 aromatic heterocycles. The summed E-state index contributed by atoms with van der Waals surface area (Å²) in [6, 6.07) is 8.98. The van der Waals surface area contributed by atoms with Crippen molar-refractivity contribution in [3.05, 3.63) is 65.4 Å². The van der Waals surface area contributed by atoms with Crippen LogP contribution in [0.4, 0.5) is 11.5 Å². The van der Waals surface area contributed by atoms with E-state index < -0.39 is 11.4 Å². The average Bonchev–Trinajstić information content (AvgIpc) is 2.85. The van der Waals surface area contributed by atoms with Crippen molar-refractivity contribution in [2.45, 2.75) is 18.7 Å². The molecule has 3 heterocycles. The Morgan fingerprint density at radius 2 is 1.91 bits per heavy atom. The van der Waals surface area contributed by atoms with Crippen molar-refractivity contribution in [1.29, 1.82) is 0 Å². The smallest absolute Gasteiger partial charge is 0.183 e. The summed E-state index contributed by atoms with van der Waals surface area (Å²) in [5.74, 6) is 7.86. The number of aryl methyl sites for hydroxylation is 2. The summed E-state index contributed by atoms with van der Waals surface area (Å²) in [6.45, 7) is 6.64. The maximum Gasteiger partial charge on any atom is 0.183 e. The standard InChI is InChI=1S/C24H25N5O3S/c1-17-22(24(27-16-26-17)29-9-11-32-12-10-29)8-7-19-13-23(18(2)25-15-19)28-33(30)21-6-4-5-20(14-21)31-3/h4-6,13-16,28H,9-12H2,1-3H3. The summed E-state index contributed by atoms with van der Waals surface area (Å²) < 4.78 is 26.5. The number of nitrogens with one attached hydrogen (secondary N) is 1. The Kier molecular flexibility index (Phi) is 7.29. The zero-order valence-electron chi connectivity index (χ0n) is 18.8. The van der Waals surface area contributed by atoms with Gasteiger partial charge in [0.15, 0.2) is 4.90 Å². The van der Waals surface area contributed by atoms with E-state index in [1.54, 1.807) is 37.8 Å². The van der Waals surface area contributed by atoms with Gasteiger partial charge in [-0.1, -0.05) is 17.9 Å². The fraction of sp³-hybridized carbons (Fsp3) is 0.292. The van der Waals surface area contributed by atoms with Crippen molar-refractivity contribution in [3.63, 3.8) is 0 Å². The second-order valence-electron chi connectivity index (χ2n) is 7.41. The molecule has 8 nitrogen and oxygen atoms in total. The van der Waals surface area contributed by atoms with Gasteiger partial charge in [-0.3, -0.25) is 4.98 Å². The average molecular weight is 464 g/mol. The number of rotatable bonds is 5. The Bertz CT molecular complexity index is 1190. The zero-order chi connectivity index (χ0) is 23.2. The Morgan fingerprint density at radius 3 is 2.70 bits per heavy atom. The van der Waals surface area contributed by atoms with Gasteiger partial charge in [0.2, 0.25) is 0 Å². The number of hydrogen-bond donors (Lipinski definition) is 1. The number of benzene rings is 1. The van der Waals surface area contributed by atoms with Crippen LogP contribution >= 0.6 is 0 Å². The van der Waals surface area contributed by atoms with Crippen LogP contribution < -0.4 is 14.4 Å². The van der Waals surface area contributed by atoms with Gasteiger partial charge in [-0.05, 0) is 32.0 Å². The number of anilines is 2. The molecular weight excluding hydrogens is 438 g/mol. The van der Waals surface area contributed by atoms with Gasteiger partial charge >= 0.3 is 0 Å². The van der Waals surface area contributed by atoms with E-state index in [0.29, 0.717) is 35.1 Å². The first kappa shape index (κ1) is 22.9. The molecule has 0 aliphatic carbocycles. The van der Waals surface area contributed by atoms with Crippen molar-refractivity contribution in [2.24, 2.45) is 0 Å². The van der Waals surface area contributed by atoms with Crippen molar-refractivity contribution in [2.75, 3.05) is 43.0 Å². The van der Waals surface area contributed by atoms with Crippen molar-refractivity contribution >= 4 is 22.9 Å². The SMILES string of the molecule is COc1cccc([S+]([O-])Nc2cc(C#Cc3c(C)ncnc3N3CCOCC3)cnc2C)c1. The van der Waals surface area contributed by atoms with Crippen LogP contribution in [0.2, 0.25) is 0 Å². The molecule has 1 aliphatic heterocycles. The molecule has 0 bridgehead atoms. The summed E-state index contributed by atoms with van der Waals surface area (Å²) in [7, 11) is 1.58. The molecule has 9 heteroatoms. The lowest BCUT2D eigenvalue weighted by atomic mass is 10.1. The first-order chi connectivity index (χ1) is 16.0. The minimum atomic E-state index is -1.47. The highest BCUT2D eigenvalue weighted by Gasteiger charge is 2.18. The summed E-state index contributed by atoms with van der Waals surface area (Å²) in [4.78, 5) is 16.0. The summed E-state index contributed by atoms with van der Waals surface area (Å²) in [5.41, 5.74) is 3.68. The fourth-order valence-electron chi connectivity index (χ4n) is 3.34. The predicted molar refractivity (Wildman–Crippen MR) is 128 cm³/mol. The first-order valence-electron chi connectivity index (χ1n) is 10.5.